The predicted molar refractivity (Wildman–Crippen MR) is 94.6 cm³/mol. The first-order valence-electron chi connectivity index (χ1n) is 8.17. The molecule has 0 amide bonds. The number of hydrogen-bond acceptors (Lipinski definition) is 5. The van der Waals surface area contributed by atoms with Gasteiger partial charge in [-0.3, -0.25) is 0 Å². The van der Waals surface area contributed by atoms with Crippen molar-refractivity contribution in [2.45, 2.75) is 32.3 Å². The van der Waals surface area contributed by atoms with Crippen molar-refractivity contribution in [3.05, 3.63) is 35.9 Å². The van der Waals surface area contributed by atoms with Crippen LogP contribution in [0, 0.1) is 0 Å². The summed E-state index contributed by atoms with van der Waals surface area (Å²) in [5.41, 5.74) is 1.99. The maximum atomic E-state index is 10.2. The molecular formula is C20H20O5. The van der Waals surface area contributed by atoms with Crippen LogP contribution in [0.4, 0.5) is 0 Å². The lowest BCUT2D eigenvalue weighted by atomic mass is 9.81. The Kier molecular flexibility index (Phi) is 3.19. The Labute approximate surface area is 145 Å². The zero-order valence-corrected chi connectivity index (χ0v) is 14.6. The van der Waals surface area contributed by atoms with Crippen LogP contribution in [-0.2, 0) is 5.41 Å². The Bertz CT molecular complexity index is 983. The number of phenols is 2. The molecule has 1 aliphatic heterocycles. The van der Waals surface area contributed by atoms with Crippen molar-refractivity contribution in [2.24, 2.45) is 0 Å². The molecule has 130 valence electrons. The van der Waals surface area contributed by atoms with E-state index in [0.29, 0.717) is 22.7 Å². The summed E-state index contributed by atoms with van der Waals surface area (Å²) in [5, 5.41) is 20.5. The SMILES string of the molecule is COc1cc2c(c3oc(-c4ccc(O)cc4O)cc13)C(C)(C)C(C)O2. The monoisotopic (exact) mass is 340 g/mol. The van der Waals surface area contributed by atoms with E-state index in [4.69, 9.17) is 13.9 Å². The molecule has 0 saturated carbocycles. The van der Waals surface area contributed by atoms with E-state index in [2.05, 4.69) is 13.8 Å². The molecule has 0 bridgehead atoms. The van der Waals surface area contributed by atoms with Crippen molar-refractivity contribution in [3.8, 4) is 34.3 Å². The maximum absolute atomic E-state index is 10.2. The lowest BCUT2D eigenvalue weighted by molar-refractivity contribution is 0.185. The number of rotatable bonds is 2. The number of phenolic OH excluding ortho intramolecular Hbond substituents is 2. The van der Waals surface area contributed by atoms with E-state index < -0.39 is 0 Å². The standard InChI is InChI=1S/C20H20O5/c1-10-20(2,3)18-17(24-10)9-15(23-4)13-8-16(25-19(13)18)12-6-5-11(21)7-14(12)22/h5-10,21-22H,1-4H3. The van der Waals surface area contributed by atoms with E-state index >= 15 is 0 Å². The number of aromatic hydroxyl groups is 2. The molecule has 5 heteroatoms. The summed E-state index contributed by atoms with van der Waals surface area (Å²) in [6, 6.07) is 8.16. The van der Waals surface area contributed by atoms with Crippen molar-refractivity contribution < 1.29 is 24.1 Å². The molecule has 2 aromatic carbocycles. The summed E-state index contributed by atoms with van der Waals surface area (Å²) in [6.45, 7) is 6.28. The molecule has 2 heterocycles. The van der Waals surface area contributed by atoms with Gasteiger partial charge in [-0.05, 0) is 25.1 Å². The minimum absolute atomic E-state index is 0.000749. The third-order valence-corrected chi connectivity index (χ3v) is 5.16. The summed E-state index contributed by atoms with van der Waals surface area (Å²) in [5.74, 6) is 1.89. The van der Waals surface area contributed by atoms with Crippen LogP contribution < -0.4 is 9.47 Å². The Morgan fingerprint density at radius 2 is 1.88 bits per heavy atom. The molecule has 1 unspecified atom stereocenters. The Morgan fingerprint density at radius 3 is 2.56 bits per heavy atom. The van der Waals surface area contributed by atoms with Gasteiger partial charge in [0.15, 0.2) is 0 Å². The number of furan rings is 1. The van der Waals surface area contributed by atoms with Gasteiger partial charge >= 0.3 is 0 Å². The van der Waals surface area contributed by atoms with Crippen LogP contribution in [-0.4, -0.2) is 23.4 Å². The predicted octanol–water partition coefficient (Wildman–Crippen LogP) is 4.58. The third-order valence-electron chi connectivity index (χ3n) is 5.16. The summed E-state index contributed by atoms with van der Waals surface area (Å²) in [7, 11) is 1.61. The molecule has 0 aliphatic carbocycles. The van der Waals surface area contributed by atoms with Crippen molar-refractivity contribution in [3.63, 3.8) is 0 Å². The van der Waals surface area contributed by atoms with Crippen LogP contribution >= 0.6 is 0 Å². The second-order valence-corrected chi connectivity index (χ2v) is 6.99. The van der Waals surface area contributed by atoms with Gasteiger partial charge in [0.1, 0.15) is 40.4 Å². The van der Waals surface area contributed by atoms with Gasteiger partial charge in [0.05, 0.1) is 18.1 Å². The van der Waals surface area contributed by atoms with Gasteiger partial charge in [0, 0.05) is 23.1 Å². The van der Waals surface area contributed by atoms with Gasteiger partial charge in [0.2, 0.25) is 0 Å². The first-order chi connectivity index (χ1) is 11.8. The smallest absolute Gasteiger partial charge is 0.146 e. The second kappa shape index (κ2) is 5.09. The average molecular weight is 340 g/mol. The number of hydrogen-bond donors (Lipinski definition) is 2. The van der Waals surface area contributed by atoms with E-state index in [9.17, 15) is 10.2 Å². The van der Waals surface area contributed by atoms with Crippen molar-refractivity contribution >= 4 is 11.0 Å². The van der Waals surface area contributed by atoms with Gasteiger partial charge in [-0.2, -0.15) is 0 Å². The number of ether oxygens (including phenoxy) is 2. The van der Waals surface area contributed by atoms with Gasteiger partial charge in [-0.25, -0.2) is 0 Å². The molecule has 5 nitrogen and oxygen atoms in total. The van der Waals surface area contributed by atoms with Gasteiger partial charge < -0.3 is 24.1 Å². The minimum Gasteiger partial charge on any atom is -0.508 e. The zero-order valence-electron chi connectivity index (χ0n) is 14.6. The third kappa shape index (κ3) is 2.15. The molecule has 0 saturated heterocycles. The molecule has 1 atom stereocenters. The number of methoxy groups -OCH3 is 1. The van der Waals surface area contributed by atoms with E-state index in [1.165, 1.54) is 12.1 Å². The summed E-state index contributed by atoms with van der Waals surface area (Å²) >= 11 is 0. The first-order valence-corrected chi connectivity index (χ1v) is 8.17. The van der Waals surface area contributed by atoms with Gasteiger partial charge in [-0.15, -0.1) is 0 Å². The van der Waals surface area contributed by atoms with Crippen molar-refractivity contribution in [2.75, 3.05) is 7.11 Å². The highest BCUT2D eigenvalue weighted by Gasteiger charge is 2.42. The Morgan fingerprint density at radius 1 is 1.12 bits per heavy atom. The number of benzene rings is 2. The fourth-order valence-electron chi connectivity index (χ4n) is 3.41. The first kappa shape index (κ1) is 15.7. The lowest BCUT2D eigenvalue weighted by Crippen LogP contribution is -2.28. The highest BCUT2D eigenvalue weighted by molar-refractivity contribution is 5.94. The Hall–Kier alpha value is -2.82. The molecule has 0 spiro atoms. The van der Waals surface area contributed by atoms with E-state index in [1.54, 1.807) is 13.2 Å². The largest absolute Gasteiger partial charge is 0.508 e. The fourth-order valence-corrected chi connectivity index (χ4v) is 3.41. The highest BCUT2D eigenvalue weighted by atomic mass is 16.5. The highest BCUT2D eigenvalue weighted by Crippen LogP contribution is 2.51. The van der Waals surface area contributed by atoms with E-state index in [-0.39, 0.29) is 23.0 Å². The molecule has 2 N–H and O–H groups in total. The molecule has 1 aliphatic rings. The summed E-state index contributed by atoms with van der Waals surface area (Å²) in [4.78, 5) is 0. The number of fused-ring (bicyclic) bond motifs is 3. The minimum atomic E-state index is -0.216. The lowest BCUT2D eigenvalue weighted by Gasteiger charge is -2.22. The van der Waals surface area contributed by atoms with Gasteiger partial charge in [0.25, 0.3) is 0 Å². The average Bonchev–Trinajstić information content (AvgIpc) is 3.06. The van der Waals surface area contributed by atoms with Gasteiger partial charge in [-0.1, -0.05) is 13.8 Å². The van der Waals surface area contributed by atoms with Crippen LogP contribution in [0.2, 0.25) is 0 Å². The fraction of sp³-hybridized carbons (Fsp3) is 0.300. The molecule has 3 aromatic rings. The molecule has 25 heavy (non-hydrogen) atoms. The quantitative estimate of drug-likeness (QED) is 0.714. The Balaban J connectivity index is 2.01. The molecule has 0 fully saturated rings. The maximum Gasteiger partial charge on any atom is 0.146 e. The van der Waals surface area contributed by atoms with Crippen LogP contribution in [0.1, 0.15) is 26.3 Å². The topological polar surface area (TPSA) is 72.1 Å². The van der Waals surface area contributed by atoms with E-state index in [0.717, 1.165) is 16.7 Å². The van der Waals surface area contributed by atoms with Crippen LogP contribution in [0.5, 0.6) is 23.0 Å². The molecule has 0 radical (unpaired) electrons. The van der Waals surface area contributed by atoms with Crippen LogP contribution in [0.15, 0.2) is 34.7 Å². The van der Waals surface area contributed by atoms with Crippen molar-refractivity contribution in [1.29, 1.82) is 0 Å². The van der Waals surface area contributed by atoms with Crippen LogP contribution in [0.3, 0.4) is 0 Å². The summed E-state index contributed by atoms with van der Waals surface area (Å²) in [6.07, 6.45) is 0.00781. The van der Waals surface area contributed by atoms with Crippen molar-refractivity contribution in [1.82, 2.24) is 0 Å². The summed E-state index contributed by atoms with van der Waals surface area (Å²) < 4.78 is 17.7. The normalized spacial score (nSPS) is 18.2. The molecule has 1 aromatic heterocycles. The van der Waals surface area contributed by atoms with Crippen LogP contribution in [0.25, 0.3) is 22.3 Å². The second-order valence-electron chi connectivity index (χ2n) is 6.99. The zero-order chi connectivity index (χ0) is 17.9. The van der Waals surface area contributed by atoms with E-state index in [1.807, 2.05) is 19.1 Å². The molecular weight excluding hydrogens is 320 g/mol. The molecule has 4 rings (SSSR count).